The van der Waals surface area contributed by atoms with Crippen LogP contribution in [0.2, 0.25) is 0 Å². The lowest BCUT2D eigenvalue weighted by atomic mass is 9.54. The fourth-order valence-electron chi connectivity index (χ4n) is 7.06. The number of rotatable bonds is 6. The Hall–Kier alpha value is -4.13. The quantitative estimate of drug-likeness (QED) is 0.224. The highest BCUT2D eigenvalue weighted by Crippen LogP contribution is 2.69. The summed E-state index contributed by atoms with van der Waals surface area (Å²) in [6.45, 7) is 0. The van der Waals surface area contributed by atoms with E-state index in [1.807, 2.05) is 78.9 Å². The number of amides is 3. The van der Waals surface area contributed by atoms with Gasteiger partial charge in [0, 0.05) is 18.2 Å². The Morgan fingerprint density at radius 3 is 1.79 bits per heavy atom. The number of halogens is 2. The topological polar surface area (TPSA) is 75.7 Å². The Labute approximate surface area is 253 Å². The van der Waals surface area contributed by atoms with E-state index in [2.05, 4.69) is 5.32 Å². The first-order valence-electron chi connectivity index (χ1n) is 13.7. The van der Waals surface area contributed by atoms with E-state index in [1.54, 1.807) is 24.3 Å². The minimum Gasteiger partial charge on any atom is -0.497 e. The molecule has 1 N–H and O–H groups in total. The maximum absolute atomic E-state index is 14.6. The van der Waals surface area contributed by atoms with Gasteiger partial charge in [-0.2, -0.15) is 0 Å². The number of alkyl halides is 2. The first-order chi connectivity index (χ1) is 20.3. The van der Waals surface area contributed by atoms with Crippen LogP contribution in [0.5, 0.6) is 5.75 Å². The molecule has 8 heteroatoms. The average Bonchev–Trinajstić information content (AvgIpc) is 3.29. The normalized spacial score (nSPS) is 25.8. The number of carbonyl (C=O) groups is 3. The van der Waals surface area contributed by atoms with Crippen molar-refractivity contribution in [3.05, 3.63) is 131 Å². The third-order valence-electron chi connectivity index (χ3n) is 8.84. The van der Waals surface area contributed by atoms with Crippen molar-refractivity contribution in [1.29, 1.82) is 0 Å². The van der Waals surface area contributed by atoms with Gasteiger partial charge in [0.05, 0.1) is 18.9 Å². The lowest BCUT2D eigenvalue weighted by Gasteiger charge is -2.54. The molecule has 3 atom stereocenters. The fourth-order valence-corrected chi connectivity index (χ4v) is 8.16. The molecule has 1 aliphatic heterocycles. The molecule has 1 fully saturated rings. The van der Waals surface area contributed by atoms with Gasteiger partial charge in [0.15, 0.2) is 0 Å². The molecule has 0 spiro atoms. The number of hydrogen-bond donors (Lipinski definition) is 1. The van der Waals surface area contributed by atoms with E-state index >= 15 is 0 Å². The van der Waals surface area contributed by atoms with Crippen LogP contribution in [0.25, 0.3) is 0 Å². The van der Waals surface area contributed by atoms with E-state index in [4.69, 9.17) is 27.9 Å². The van der Waals surface area contributed by atoms with Crippen LogP contribution in [0.1, 0.15) is 27.8 Å². The molecule has 210 valence electrons. The molecule has 42 heavy (non-hydrogen) atoms. The number of ether oxygens (including phenoxy) is 1. The molecule has 2 bridgehead atoms. The van der Waals surface area contributed by atoms with Crippen molar-refractivity contribution < 1.29 is 19.1 Å². The van der Waals surface area contributed by atoms with Crippen molar-refractivity contribution in [3.63, 3.8) is 0 Å². The summed E-state index contributed by atoms with van der Waals surface area (Å²) < 4.78 is 5.31. The molecule has 4 aromatic carbocycles. The number of carbonyl (C=O) groups excluding carboxylic acids is 3. The number of benzene rings is 4. The molecule has 8 rings (SSSR count). The predicted octanol–water partition coefficient (Wildman–Crippen LogP) is 5.84. The highest BCUT2D eigenvalue weighted by atomic mass is 35.5. The molecule has 1 saturated heterocycles. The fraction of sp³-hybridized carbons (Fsp3) is 0.206. The van der Waals surface area contributed by atoms with Crippen LogP contribution in [0, 0.1) is 11.8 Å². The van der Waals surface area contributed by atoms with Gasteiger partial charge in [-0.05, 0) is 39.9 Å². The summed E-state index contributed by atoms with van der Waals surface area (Å²) in [5, 5.41) is 2.90. The van der Waals surface area contributed by atoms with E-state index in [1.165, 1.54) is 7.11 Å². The second-order valence-electron chi connectivity index (χ2n) is 10.9. The van der Waals surface area contributed by atoms with Gasteiger partial charge >= 0.3 is 0 Å². The third kappa shape index (κ3) is 3.61. The number of imide groups is 1. The van der Waals surface area contributed by atoms with Crippen molar-refractivity contribution in [2.24, 2.45) is 11.8 Å². The molecule has 6 nitrogen and oxygen atoms in total. The first-order valence-corrected chi connectivity index (χ1v) is 14.5. The molecule has 3 amide bonds. The summed E-state index contributed by atoms with van der Waals surface area (Å²) in [6.07, 6.45) is 0.123. The van der Waals surface area contributed by atoms with Gasteiger partial charge in [0.25, 0.3) is 0 Å². The summed E-state index contributed by atoms with van der Waals surface area (Å²) in [6, 6.07) is 30.1. The predicted molar refractivity (Wildman–Crippen MR) is 161 cm³/mol. The Morgan fingerprint density at radius 1 is 0.786 bits per heavy atom. The minimum absolute atomic E-state index is 0.123. The SMILES string of the molecule is COc1cccc(NC(=O)[C@H](Cc2ccccc2)N2C(=O)[C@H]3[C@H](C2=O)C2(Cl)c4ccccc4C3(Cl)c3ccccc32)c1. The van der Waals surface area contributed by atoms with Crippen LogP contribution in [0.15, 0.2) is 103 Å². The molecule has 0 saturated carbocycles. The molecule has 4 aromatic rings. The van der Waals surface area contributed by atoms with Crippen molar-refractivity contribution in [2.75, 3.05) is 12.4 Å². The van der Waals surface area contributed by atoms with Gasteiger partial charge in [-0.1, -0.05) is 84.9 Å². The monoisotopic (exact) mass is 596 g/mol. The number of methoxy groups -OCH3 is 1. The van der Waals surface area contributed by atoms with E-state index in [-0.39, 0.29) is 6.42 Å². The maximum atomic E-state index is 14.6. The van der Waals surface area contributed by atoms with E-state index in [9.17, 15) is 14.4 Å². The smallest absolute Gasteiger partial charge is 0.248 e. The number of likely N-dealkylation sites (tertiary alicyclic amines) is 1. The second kappa shape index (κ2) is 9.72. The lowest BCUT2D eigenvalue weighted by Crippen LogP contribution is -2.57. The van der Waals surface area contributed by atoms with Crippen molar-refractivity contribution in [3.8, 4) is 5.75 Å². The van der Waals surface area contributed by atoms with Crippen LogP contribution in [-0.4, -0.2) is 35.8 Å². The van der Waals surface area contributed by atoms with Gasteiger partial charge in [-0.3, -0.25) is 19.3 Å². The molecule has 3 aliphatic carbocycles. The van der Waals surface area contributed by atoms with Crippen molar-refractivity contribution in [2.45, 2.75) is 22.2 Å². The van der Waals surface area contributed by atoms with E-state index in [0.717, 1.165) is 10.5 Å². The minimum atomic E-state index is -1.32. The number of hydrogen-bond acceptors (Lipinski definition) is 4. The second-order valence-corrected chi connectivity index (χ2v) is 12.1. The summed E-state index contributed by atoms with van der Waals surface area (Å²) >= 11 is 15.2. The Balaban J connectivity index is 1.35. The van der Waals surface area contributed by atoms with Crippen molar-refractivity contribution in [1.82, 2.24) is 4.90 Å². The molecule has 4 aliphatic rings. The largest absolute Gasteiger partial charge is 0.497 e. The summed E-state index contributed by atoms with van der Waals surface area (Å²) in [4.78, 5) is 41.6. The average molecular weight is 597 g/mol. The van der Waals surface area contributed by atoms with Crippen molar-refractivity contribution >= 4 is 46.6 Å². The first kappa shape index (κ1) is 26.7. The third-order valence-corrected chi connectivity index (χ3v) is 10.1. The van der Waals surface area contributed by atoms with E-state index < -0.39 is 45.3 Å². The summed E-state index contributed by atoms with van der Waals surface area (Å²) in [5.74, 6) is -2.92. The lowest BCUT2D eigenvalue weighted by molar-refractivity contribution is -0.146. The molecular formula is C34H26Cl2N2O4. The zero-order chi connectivity index (χ0) is 29.2. The van der Waals surface area contributed by atoms with Gasteiger partial charge in [-0.15, -0.1) is 23.2 Å². The summed E-state index contributed by atoms with van der Waals surface area (Å²) in [5.41, 5.74) is 4.14. The molecule has 0 radical (unpaired) electrons. The molecular weight excluding hydrogens is 571 g/mol. The zero-order valence-corrected chi connectivity index (χ0v) is 24.1. The van der Waals surface area contributed by atoms with Gasteiger partial charge in [-0.25, -0.2) is 0 Å². The molecule has 1 heterocycles. The van der Waals surface area contributed by atoms with Gasteiger partial charge in [0.1, 0.15) is 21.5 Å². The zero-order valence-electron chi connectivity index (χ0n) is 22.6. The standard InChI is InChI=1S/C34H26Cl2N2O4/c1-42-22-13-9-12-21(19-22)37-30(39)27(18-20-10-3-2-4-11-20)38-31(40)28-29(32(38)41)34(36)24-15-6-5-14-23(24)33(28,35)25-16-7-8-17-26(25)34/h2-17,19,27-29H,18H2,1H3,(H,37,39)/t27-,28+,29+,33?,34?/m0/s1. The van der Waals surface area contributed by atoms with Gasteiger partial charge < -0.3 is 10.1 Å². The van der Waals surface area contributed by atoms with Gasteiger partial charge in [0.2, 0.25) is 17.7 Å². The van der Waals surface area contributed by atoms with Crippen LogP contribution in [-0.2, 0) is 30.6 Å². The molecule has 0 unspecified atom stereocenters. The number of nitrogens with one attached hydrogen (secondary N) is 1. The van der Waals surface area contributed by atoms with Crippen LogP contribution in [0.3, 0.4) is 0 Å². The summed E-state index contributed by atoms with van der Waals surface area (Å²) in [7, 11) is 1.54. The Bertz CT molecular complexity index is 1640. The Kier molecular flexibility index (Phi) is 6.19. The van der Waals surface area contributed by atoms with Crippen LogP contribution < -0.4 is 10.1 Å². The number of anilines is 1. The van der Waals surface area contributed by atoms with E-state index in [0.29, 0.717) is 33.7 Å². The van der Waals surface area contributed by atoms with Crippen LogP contribution in [0.4, 0.5) is 5.69 Å². The van der Waals surface area contributed by atoms with Crippen LogP contribution >= 0.6 is 23.2 Å². The Morgan fingerprint density at radius 2 is 1.29 bits per heavy atom. The highest BCUT2D eigenvalue weighted by Gasteiger charge is 2.73. The molecule has 0 aromatic heterocycles. The number of nitrogens with zero attached hydrogens (tertiary/aromatic N) is 1. The maximum Gasteiger partial charge on any atom is 0.248 e. The highest BCUT2D eigenvalue weighted by molar-refractivity contribution is 6.36.